The van der Waals surface area contributed by atoms with Crippen LogP contribution in [-0.2, 0) is 0 Å². The van der Waals surface area contributed by atoms with Crippen molar-refractivity contribution in [1.29, 1.82) is 0 Å². The second-order valence-electron chi connectivity index (χ2n) is 7.59. The largest absolute Gasteiger partial charge is 0.490 e. The van der Waals surface area contributed by atoms with E-state index in [-0.39, 0.29) is 11.2 Å². The Balaban J connectivity index is 1.35. The van der Waals surface area contributed by atoms with E-state index in [0.29, 0.717) is 39.0 Å². The maximum absolute atomic E-state index is 12.8. The molecule has 36 heavy (non-hydrogen) atoms. The Hall–Kier alpha value is -4.83. The van der Waals surface area contributed by atoms with Gasteiger partial charge in [-0.3, -0.25) is 14.9 Å². The molecule has 0 spiro atoms. The fourth-order valence-corrected chi connectivity index (χ4v) is 4.30. The van der Waals surface area contributed by atoms with Gasteiger partial charge in [-0.2, -0.15) is 9.50 Å². The van der Waals surface area contributed by atoms with Crippen molar-refractivity contribution in [3.05, 3.63) is 115 Å². The SMILES string of the molecule is C=CCOc1ccc(/C=C/c2nc3s/c(=C\c4ccc(-c5cccc([N+](=O)[O-])c5)o4)c(=O)n3n2)cc1. The summed E-state index contributed by atoms with van der Waals surface area (Å²) in [5.74, 6) is 2.08. The summed E-state index contributed by atoms with van der Waals surface area (Å²) in [6.45, 7) is 4.07. The first-order valence-corrected chi connectivity index (χ1v) is 11.6. The Morgan fingerprint density at radius 1 is 1.14 bits per heavy atom. The first-order chi connectivity index (χ1) is 17.5. The first kappa shape index (κ1) is 22.9. The quantitative estimate of drug-likeness (QED) is 0.175. The minimum absolute atomic E-state index is 0.0266. The predicted molar refractivity (Wildman–Crippen MR) is 138 cm³/mol. The molecule has 178 valence electrons. The van der Waals surface area contributed by atoms with E-state index in [1.165, 1.54) is 28.0 Å². The van der Waals surface area contributed by atoms with Crippen molar-refractivity contribution in [2.24, 2.45) is 0 Å². The Bertz CT molecular complexity index is 1710. The van der Waals surface area contributed by atoms with Gasteiger partial charge in [-0.1, -0.05) is 54.3 Å². The summed E-state index contributed by atoms with van der Waals surface area (Å²) in [5, 5.41) is 15.3. The molecule has 0 fully saturated rings. The summed E-state index contributed by atoms with van der Waals surface area (Å²) >= 11 is 1.20. The average molecular weight is 499 g/mol. The molecule has 5 aromatic rings. The zero-order valence-electron chi connectivity index (χ0n) is 18.7. The van der Waals surface area contributed by atoms with Crippen molar-refractivity contribution >= 4 is 40.2 Å². The third kappa shape index (κ3) is 4.84. The van der Waals surface area contributed by atoms with Crippen LogP contribution in [-0.4, -0.2) is 26.1 Å². The fraction of sp³-hybridized carbons (Fsp3) is 0.0385. The van der Waals surface area contributed by atoms with Gasteiger partial charge in [-0.25, -0.2) is 0 Å². The number of thiazole rings is 1. The highest BCUT2D eigenvalue weighted by Gasteiger charge is 2.12. The van der Waals surface area contributed by atoms with Crippen molar-refractivity contribution in [2.75, 3.05) is 6.61 Å². The van der Waals surface area contributed by atoms with E-state index in [1.54, 1.807) is 42.5 Å². The van der Waals surface area contributed by atoms with Crippen LogP contribution in [0.5, 0.6) is 5.75 Å². The van der Waals surface area contributed by atoms with Crippen LogP contribution >= 0.6 is 11.3 Å². The Kier molecular flexibility index (Phi) is 6.25. The molecule has 5 rings (SSSR count). The van der Waals surface area contributed by atoms with Gasteiger partial charge in [0, 0.05) is 23.8 Å². The molecular weight excluding hydrogens is 480 g/mol. The molecule has 0 amide bonds. The highest BCUT2D eigenvalue weighted by molar-refractivity contribution is 7.15. The lowest BCUT2D eigenvalue weighted by molar-refractivity contribution is -0.384. The molecule has 0 atom stereocenters. The van der Waals surface area contributed by atoms with Crippen molar-refractivity contribution in [3.8, 4) is 17.1 Å². The van der Waals surface area contributed by atoms with E-state index in [2.05, 4.69) is 16.7 Å². The normalized spacial score (nSPS) is 11.9. The van der Waals surface area contributed by atoms with Crippen molar-refractivity contribution in [1.82, 2.24) is 14.6 Å². The smallest absolute Gasteiger partial charge is 0.291 e. The number of rotatable bonds is 8. The van der Waals surface area contributed by atoms with Crippen LogP contribution in [0.3, 0.4) is 0 Å². The van der Waals surface area contributed by atoms with E-state index in [1.807, 2.05) is 30.3 Å². The summed E-state index contributed by atoms with van der Waals surface area (Å²) in [4.78, 5) is 28.3. The van der Waals surface area contributed by atoms with Gasteiger partial charge in [0.2, 0.25) is 4.96 Å². The number of fused-ring (bicyclic) bond motifs is 1. The third-order valence-corrected chi connectivity index (χ3v) is 6.07. The number of nitrogens with zero attached hydrogens (tertiary/aromatic N) is 4. The van der Waals surface area contributed by atoms with Crippen LogP contribution in [0, 0.1) is 10.1 Å². The molecule has 3 heterocycles. The van der Waals surface area contributed by atoms with Gasteiger partial charge >= 0.3 is 0 Å². The predicted octanol–water partition coefficient (Wildman–Crippen LogP) is 4.60. The van der Waals surface area contributed by atoms with Gasteiger partial charge in [0.15, 0.2) is 5.82 Å². The van der Waals surface area contributed by atoms with Crippen LogP contribution in [0.2, 0.25) is 0 Å². The summed E-state index contributed by atoms with van der Waals surface area (Å²) in [5.41, 5.74) is 1.18. The molecule has 0 aliphatic rings. The molecule has 0 saturated carbocycles. The molecule has 0 radical (unpaired) electrons. The molecule has 0 N–H and O–H groups in total. The number of benzene rings is 2. The van der Waals surface area contributed by atoms with E-state index in [9.17, 15) is 14.9 Å². The average Bonchev–Trinajstić information content (AvgIpc) is 3.59. The van der Waals surface area contributed by atoms with Crippen molar-refractivity contribution in [3.63, 3.8) is 0 Å². The molecule has 0 bridgehead atoms. The maximum Gasteiger partial charge on any atom is 0.291 e. The Morgan fingerprint density at radius 2 is 1.97 bits per heavy atom. The molecule has 3 aromatic heterocycles. The van der Waals surface area contributed by atoms with E-state index < -0.39 is 4.92 Å². The monoisotopic (exact) mass is 498 g/mol. The number of aromatic nitrogens is 3. The number of non-ortho nitro benzene ring substituents is 1. The molecule has 0 aliphatic carbocycles. The minimum Gasteiger partial charge on any atom is -0.490 e. The van der Waals surface area contributed by atoms with Gasteiger partial charge < -0.3 is 9.15 Å². The molecular formula is C26H18N4O5S. The van der Waals surface area contributed by atoms with Gasteiger partial charge in [0.1, 0.15) is 28.4 Å². The van der Waals surface area contributed by atoms with Crippen LogP contribution in [0.15, 0.2) is 82.5 Å². The number of hydrogen-bond donors (Lipinski definition) is 0. The molecule has 0 saturated heterocycles. The zero-order chi connectivity index (χ0) is 25.1. The number of hydrogen-bond acceptors (Lipinski definition) is 8. The van der Waals surface area contributed by atoms with E-state index in [0.717, 1.165) is 11.3 Å². The number of nitro groups is 1. The van der Waals surface area contributed by atoms with Gasteiger partial charge in [0.25, 0.3) is 11.2 Å². The lowest BCUT2D eigenvalue weighted by Crippen LogP contribution is -2.23. The Labute approximate surface area is 208 Å². The van der Waals surface area contributed by atoms with E-state index >= 15 is 0 Å². The van der Waals surface area contributed by atoms with E-state index in [4.69, 9.17) is 9.15 Å². The first-order valence-electron chi connectivity index (χ1n) is 10.8. The summed E-state index contributed by atoms with van der Waals surface area (Å²) in [6.07, 6.45) is 6.88. The minimum atomic E-state index is -0.461. The van der Waals surface area contributed by atoms with Crippen LogP contribution in [0.25, 0.3) is 34.5 Å². The molecule has 9 nitrogen and oxygen atoms in total. The standard InChI is InChI=1S/C26H18N4O5S/c1-2-14-34-20-9-6-17(7-10-20)8-13-24-27-26-29(28-24)25(31)23(36-26)16-21-11-12-22(35-21)18-4-3-5-19(15-18)30(32)33/h2-13,15-16H,1,14H2/b13-8+,23-16-. The summed E-state index contributed by atoms with van der Waals surface area (Å²) < 4.78 is 12.9. The third-order valence-electron chi connectivity index (χ3n) is 5.11. The topological polar surface area (TPSA) is 113 Å². The summed E-state index contributed by atoms with van der Waals surface area (Å²) in [6, 6.07) is 17.1. The van der Waals surface area contributed by atoms with Crippen LogP contribution in [0.1, 0.15) is 17.1 Å². The Morgan fingerprint density at radius 3 is 2.72 bits per heavy atom. The molecule has 0 aliphatic heterocycles. The second-order valence-corrected chi connectivity index (χ2v) is 8.60. The fourth-order valence-electron chi connectivity index (χ4n) is 3.41. The van der Waals surface area contributed by atoms with Gasteiger partial charge in [0.05, 0.1) is 4.92 Å². The highest BCUT2D eigenvalue weighted by atomic mass is 32.1. The molecule has 10 heteroatoms. The van der Waals surface area contributed by atoms with Crippen LogP contribution in [0.4, 0.5) is 5.69 Å². The lowest BCUT2D eigenvalue weighted by atomic mass is 10.1. The molecule has 0 unspecified atom stereocenters. The highest BCUT2D eigenvalue weighted by Crippen LogP contribution is 2.26. The van der Waals surface area contributed by atoms with Crippen LogP contribution < -0.4 is 14.8 Å². The zero-order valence-corrected chi connectivity index (χ0v) is 19.6. The lowest BCUT2D eigenvalue weighted by Gasteiger charge is -2.02. The second kappa shape index (κ2) is 9.80. The number of furan rings is 1. The molecule has 2 aromatic carbocycles. The van der Waals surface area contributed by atoms with Gasteiger partial charge in [-0.05, 0) is 35.9 Å². The van der Waals surface area contributed by atoms with Crippen molar-refractivity contribution < 1.29 is 14.1 Å². The van der Waals surface area contributed by atoms with Gasteiger partial charge in [-0.15, -0.1) is 5.10 Å². The summed E-state index contributed by atoms with van der Waals surface area (Å²) in [7, 11) is 0. The number of ether oxygens (including phenoxy) is 1. The van der Waals surface area contributed by atoms with Crippen molar-refractivity contribution in [2.45, 2.75) is 0 Å². The number of nitro benzene ring substituents is 1. The maximum atomic E-state index is 12.8.